The van der Waals surface area contributed by atoms with Gasteiger partial charge in [-0.3, -0.25) is 0 Å². The maximum absolute atomic E-state index is 13.9. The molecule has 0 aromatic heterocycles. The molecule has 0 saturated carbocycles. The van der Waals surface area contributed by atoms with E-state index in [-0.39, 0.29) is 11.9 Å². The predicted molar refractivity (Wildman–Crippen MR) is 88.8 cm³/mol. The van der Waals surface area contributed by atoms with Gasteiger partial charge in [-0.15, -0.1) is 11.8 Å². The predicted octanol–water partition coefficient (Wildman–Crippen LogP) is 5.25. The van der Waals surface area contributed by atoms with E-state index in [1.54, 1.807) is 24.9 Å². The molecule has 1 atom stereocenters. The van der Waals surface area contributed by atoms with Crippen molar-refractivity contribution >= 4 is 33.4 Å². The first-order chi connectivity index (χ1) is 10.2. The molecule has 1 unspecified atom stereocenters. The smallest absolute Gasteiger partial charge is 0.137 e. The van der Waals surface area contributed by atoms with Crippen LogP contribution in [0.2, 0.25) is 0 Å². The number of anilines is 1. The molecule has 0 radical (unpaired) electrons. The van der Waals surface area contributed by atoms with E-state index in [2.05, 4.69) is 21.2 Å². The van der Waals surface area contributed by atoms with Crippen LogP contribution in [0.15, 0.2) is 45.8 Å². The van der Waals surface area contributed by atoms with Gasteiger partial charge in [0.25, 0.3) is 0 Å². The van der Waals surface area contributed by atoms with Crippen molar-refractivity contribution in [1.29, 1.82) is 0 Å². The third kappa shape index (κ3) is 3.04. The van der Waals surface area contributed by atoms with E-state index in [0.29, 0.717) is 0 Å². The lowest BCUT2D eigenvalue weighted by Crippen LogP contribution is -2.17. The van der Waals surface area contributed by atoms with Gasteiger partial charge in [0, 0.05) is 21.2 Å². The van der Waals surface area contributed by atoms with Crippen molar-refractivity contribution in [3.05, 3.63) is 52.3 Å². The van der Waals surface area contributed by atoms with Gasteiger partial charge in [0.05, 0.1) is 18.8 Å². The van der Waals surface area contributed by atoms with Crippen LogP contribution in [0.1, 0.15) is 18.0 Å². The van der Waals surface area contributed by atoms with Gasteiger partial charge >= 0.3 is 0 Å². The Bertz CT molecular complexity index is 665. The number of methoxy groups -OCH3 is 1. The number of hydrogen-bond acceptors (Lipinski definition) is 3. The minimum absolute atomic E-state index is 0.111. The van der Waals surface area contributed by atoms with Crippen molar-refractivity contribution in [2.75, 3.05) is 18.2 Å². The molecule has 0 bridgehead atoms. The van der Waals surface area contributed by atoms with Crippen molar-refractivity contribution in [2.24, 2.45) is 0 Å². The van der Waals surface area contributed by atoms with E-state index < -0.39 is 0 Å². The number of ether oxygens (including phenoxy) is 1. The minimum atomic E-state index is -0.131. The second-order valence-corrected chi connectivity index (χ2v) is 6.80. The molecule has 1 N–H and O–H groups in total. The minimum Gasteiger partial charge on any atom is -0.497 e. The van der Waals surface area contributed by atoms with Crippen molar-refractivity contribution in [1.82, 2.24) is 0 Å². The van der Waals surface area contributed by atoms with Gasteiger partial charge in [-0.2, -0.15) is 0 Å². The molecule has 21 heavy (non-hydrogen) atoms. The Morgan fingerprint density at radius 2 is 2.19 bits per heavy atom. The summed E-state index contributed by atoms with van der Waals surface area (Å²) in [6.45, 7) is 0. The first-order valence-electron chi connectivity index (χ1n) is 6.70. The Labute approximate surface area is 136 Å². The molecule has 110 valence electrons. The van der Waals surface area contributed by atoms with E-state index in [1.807, 2.05) is 24.3 Å². The number of rotatable bonds is 3. The van der Waals surface area contributed by atoms with Crippen molar-refractivity contribution in [3.63, 3.8) is 0 Å². The first kappa shape index (κ1) is 14.7. The van der Waals surface area contributed by atoms with E-state index >= 15 is 0 Å². The fourth-order valence-electron chi connectivity index (χ4n) is 2.47. The van der Waals surface area contributed by atoms with Crippen LogP contribution < -0.4 is 10.1 Å². The third-order valence-electron chi connectivity index (χ3n) is 3.53. The molecule has 0 saturated heterocycles. The summed E-state index contributed by atoms with van der Waals surface area (Å²) in [7, 11) is 1.65. The van der Waals surface area contributed by atoms with Crippen LogP contribution in [0.4, 0.5) is 10.1 Å². The second-order valence-electron chi connectivity index (χ2n) is 4.84. The van der Waals surface area contributed by atoms with Crippen molar-refractivity contribution in [3.8, 4) is 5.75 Å². The van der Waals surface area contributed by atoms with Crippen LogP contribution in [0, 0.1) is 5.82 Å². The highest BCUT2D eigenvalue weighted by Gasteiger charge is 2.23. The number of benzene rings is 2. The van der Waals surface area contributed by atoms with Gasteiger partial charge in [-0.05, 0) is 46.1 Å². The van der Waals surface area contributed by atoms with Gasteiger partial charge in [-0.1, -0.05) is 12.1 Å². The van der Waals surface area contributed by atoms with Crippen molar-refractivity contribution in [2.45, 2.75) is 17.4 Å². The van der Waals surface area contributed by atoms with E-state index in [9.17, 15) is 4.39 Å². The second kappa shape index (κ2) is 6.28. The standard InChI is InChI=1S/C16H15BrFNOS/c1-20-10-5-6-12(17)15(9-10)19-14-7-8-21-16-11(14)3-2-4-13(16)18/h2-6,9,14,19H,7-8H2,1H3. The SMILES string of the molecule is COc1ccc(Br)c(NC2CCSc3c(F)cccc32)c1. The number of fused-ring (bicyclic) bond motifs is 1. The first-order valence-corrected chi connectivity index (χ1v) is 8.48. The molecule has 0 amide bonds. The molecular weight excluding hydrogens is 353 g/mol. The van der Waals surface area contributed by atoms with E-state index in [4.69, 9.17) is 4.74 Å². The molecule has 1 heterocycles. The molecular formula is C16H15BrFNOS. The van der Waals surface area contributed by atoms with Gasteiger partial charge < -0.3 is 10.1 Å². The summed E-state index contributed by atoms with van der Waals surface area (Å²) in [4.78, 5) is 0.764. The van der Waals surface area contributed by atoms with E-state index in [1.165, 1.54) is 6.07 Å². The molecule has 0 fully saturated rings. The van der Waals surface area contributed by atoms with Crippen LogP contribution in [-0.4, -0.2) is 12.9 Å². The molecule has 1 aliphatic rings. The quantitative estimate of drug-likeness (QED) is 0.800. The Hall–Kier alpha value is -1.20. The van der Waals surface area contributed by atoms with Gasteiger partial charge in [0.1, 0.15) is 11.6 Å². The topological polar surface area (TPSA) is 21.3 Å². The average molecular weight is 368 g/mol. The summed E-state index contributed by atoms with van der Waals surface area (Å²) in [5.74, 6) is 1.58. The van der Waals surface area contributed by atoms with E-state index in [0.717, 1.165) is 38.5 Å². The lowest BCUT2D eigenvalue weighted by molar-refractivity contribution is 0.415. The van der Waals surface area contributed by atoms with Crippen LogP contribution in [-0.2, 0) is 0 Å². The summed E-state index contributed by atoms with van der Waals surface area (Å²) in [6.07, 6.45) is 0.963. The lowest BCUT2D eigenvalue weighted by atomic mass is 10.0. The van der Waals surface area contributed by atoms with Crippen LogP contribution in [0.3, 0.4) is 0 Å². The molecule has 3 rings (SSSR count). The van der Waals surface area contributed by atoms with Gasteiger partial charge in [0.15, 0.2) is 0 Å². The van der Waals surface area contributed by atoms with Gasteiger partial charge in [0.2, 0.25) is 0 Å². The lowest BCUT2D eigenvalue weighted by Gasteiger charge is -2.27. The summed E-state index contributed by atoms with van der Waals surface area (Å²) >= 11 is 5.13. The number of hydrogen-bond donors (Lipinski definition) is 1. The Morgan fingerprint density at radius 1 is 1.33 bits per heavy atom. The van der Waals surface area contributed by atoms with Crippen LogP contribution in [0.25, 0.3) is 0 Å². The Morgan fingerprint density at radius 3 is 3.00 bits per heavy atom. The highest BCUT2D eigenvalue weighted by atomic mass is 79.9. The Balaban J connectivity index is 1.92. The monoisotopic (exact) mass is 367 g/mol. The average Bonchev–Trinajstić information content (AvgIpc) is 2.50. The molecule has 2 aromatic rings. The number of nitrogens with one attached hydrogen (secondary N) is 1. The van der Waals surface area contributed by atoms with Gasteiger partial charge in [-0.25, -0.2) is 4.39 Å². The number of halogens is 2. The summed E-state index contributed by atoms with van der Waals surface area (Å²) in [5, 5.41) is 3.50. The highest BCUT2D eigenvalue weighted by Crippen LogP contribution is 2.40. The fourth-order valence-corrected chi connectivity index (χ4v) is 3.97. The zero-order valence-corrected chi connectivity index (χ0v) is 13.9. The fraction of sp³-hybridized carbons (Fsp3) is 0.250. The zero-order valence-electron chi connectivity index (χ0n) is 11.5. The molecule has 5 heteroatoms. The number of thioether (sulfide) groups is 1. The third-order valence-corrected chi connectivity index (χ3v) is 5.38. The molecule has 2 nitrogen and oxygen atoms in total. The summed E-state index contributed by atoms with van der Waals surface area (Å²) in [6, 6.07) is 11.2. The zero-order chi connectivity index (χ0) is 14.8. The normalized spacial score (nSPS) is 17.2. The maximum atomic E-state index is 13.9. The molecule has 0 spiro atoms. The highest BCUT2D eigenvalue weighted by molar-refractivity contribution is 9.10. The van der Waals surface area contributed by atoms with Crippen LogP contribution in [0.5, 0.6) is 5.75 Å². The summed E-state index contributed by atoms with van der Waals surface area (Å²) < 4.78 is 20.1. The maximum Gasteiger partial charge on any atom is 0.137 e. The molecule has 0 aliphatic carbocycles. The summed E-state index contributed by atoms with van der Waals surface area (Å²) in [5.41, 5.74) is 1.99. The largest absolute Gasteiger partial charge is 0.497 e. The van der Waals surface area contributed by atoms with Crippen molar-refractivity contribution < 1.29 is 9.13 Å². The molecule has 1 aliphatic heterocycles. The van der Waals surface area contributed by atoms with Crippen LogP contribution >= 0.6 is 27.7 Å². The molecule has 2 aromatic carbocycles. The Kier molecular flexibility index (Phi) is 4.40.